The van der Waals surface area contributed by atoms with Crippen LogP contribution in [0.3, 0.4) is 0 Å². The van der Waals surface area contributed by atoms with Crippen molar-refractivity contribution in [1.82, 2.24) is 25.3 Å². The van der Waals surface area contributed by atoms with Gasteiger partial charge in [0.05, 0.1) is 12.2 Å². The van der Waals surface area contributed by atoms with Gasteiger partial charge in [-0.2, -0.15) is 0 Å². The molecule has 0 fully saturated rings. The molecule has 2 atom stereocenters. The summed E-state index contributed by atoms with van der Waals surface area (Å²) in [7, 11) is -10.7. The molecule has 0 saturated carbocycles. The SMILES string of the molecule is CC(C)C(NC(=O)c1c[nH]c2ccc[nH+]c12)c1cn(C(C)C(=O)O)nn1.F[P-](F)(F)(F)(F)F. The Kier molecular flexibility index (Phi) is 6.54. The minimum absolute atomic E-state index is 0.0402. The Morgan fingerprint density at radius 2 is 1.79 bits per heavy atom. The summed E-state index contributed by atoms with van der Waals surface area (Å²) in [6, 6.07) is 2.50. The van der Waals surface area contributed by atoms with Crippen LogP contribution in [0, 0.1) is 5.92 Å². The zero-order chi connectivity index (χ0) is 25.3. The summed E-state index contributed by atoms with van der Waals surface area (Å²) in [5.41, 5.74) is 2.57. The summed E-state index contributed by atoms with van der Waals surface area (Å²) in [5.74, 6) is -1.21. The molecule has 2 unspecified atom stereocenters. The molecule has 0 aliphatic rings. The number of nitrogens with one attached hydrogen (secondary N) is 3. The number of hydrogen-bond acceptors (Lipinski definition) is 4. The van der Waals surface area contributed by atoms with Gasteiger partial charge in [0.1, 0.15) is 22.8 Å². The molecule has 3 heterocycles. The third-order valence-electron chi connectivity index (χ3n) is 4.30. The molecule has 0 aliphatic carbocycles. The minimum atomic E-state index is -10.7. The predicted molar refractivity (Wildman–Crippen MR) is 106 cm³/mol. The number of carbonyl (C=O) groups is 2. The van der Waals surface area contributed by atoms with Gasteiger partial charge in [0.15, 0.2) is 6.20 Å². The number of halogens is 6. The van der Waals surface area contributed by atoms with E-state index in [0.717, 1.165) is 11.0 Å². The van der Waals surface area contributed by atoms with Crippen molar-refractivity contribution in [3.05, 3.63) is 42.0 Å². The molecule has 0 bridgehead atoms. The number of carboxylic acid groups (broad SMARTS) is 1. The van der Waals surface area contributed by atoms with Crippen LogP contribution in [0.5, 0.6) is 0 Å². The summed E-state index contributed by atoms with van der Waals surface area (Å²) >= 11 is 0. The number of carbonyl (C=O) groups excluding carboxylic acids is 1. The number of aromatic amines is 2. The van der Waals surface area contributed by atoms with Crippen molar-refractivity contribution in [3.8, 4) is 0 Å². The van der Waals surface area contributed by atoms with Crippen LogP contribution in [0.1, 0.15) is 48.9 Å². The summed E-state index contributed by atoms with van der Waals surface area (Å²) in [6.45, 7) is 5.42. The first-order valence-corrected chi connectivity index (χ1v) is 11.4. The molecule has 3 aromatic rings. The van der Waals surface area contributed by atoms with Crippen molar-refractivity contribution in [2.24, 2.45) is 5.92 Å². The predicted octanol–water partition coefficient (Wildman–Crippen LogP) is 4.73. The number of pyridine rings is 1. The Hall–Kier alpha value is -3.22. The van der Waals surface area contributed by atoms with Gasteiger partial charge in [-0.25, -0.2) is 14.5 Å². The Labute approximate surface area is 182 Å². The zero-order valence-electron chi connectivity index (χ0n) is 17.4. The van der Waals surface area contributed by atoms with Gasteiger partial charge in [-0.05, 0) is 18.9 Å². The average molecular weight is 502 g/mol. The van der Waals surface area contributed by atoms with Crippen LogP contribution in [-0.4, -0.2) is 37.0 Å². The monoisotopic (exact) mass is 502 g/mol. The fourth-order valence-electron chi connectivity index (χ4n) is 2.72. The standard InChI is InChI=1S/C17H20N6O3.F6P/c1-9(2)14(13-8-23(22-21-13)10(3)17(25)26)20-16(24)11-7-19-12-5-4-6-18-15(11)12;1-7(2,3,4,5)6/h4-10,14,19H,1-3H3,(H,20,24)(H,25,26);/q;-1/p+1. The van der Waals surface area contributed by atoms with Crippen LogP contribution in [-0.2, 0) is 4.79 Å². The van der Waals surface area contributed by atoms with E-state index < -0.39 is 25.9 Å². The van der Waals surface area contributed by atoms with Crippen LogP contribution in [0.2, 0.25) is 0 Å². The number of fused-ring (bicyclic) bond motifs is 1. The first kappa shape index (κ1) is 26.0. The summed E-state index contributed by atoms with van der Waals surface area (Å²) in [4.78, 5) is 30.0. The van der Waals surface area contributed by atoms with Gasteiger partial charge in [0, 0.05) is 12.3 Å². The van der Waals surface area contributed by atoms with Crippen LogP contribution in [0.15, 0.2) is 30.7 Å². The van der Waals surface area contributed by atoms with Gasteiger partial charge in [-0.3, -0.25) is 4.79 Å². The molecule has 0 aliphatic heterocycles. The Morgan fingerprint density at radius 1 is 1.18 bits per heavy atom. The van der Waals surface area contributed by atoms with Gasteiger partial charge in [-0.1, -0.05) is 19.1 Å². The van der Waals surface area contributed by atoms with E-state index >= 15 is 0 Å². The Bertz CT molecular complexity index is 1150. The van der Waals surface area contributed by atoms with E-state index in [1.165, 1.54) is 11.6 Å². The molecule has 0 saturated heterocycles. The molecule has 0 radical (unpaired) electrons. The van der Waals surface area contributed by atoms with E-state index in [2.05, 4.69) is 25.6 Å². The normalized spacial score (nSPS) is 15.7. The number of aromatic nitrogens is 5. The first-order chi connectivity index (χ1) is 14.8. The maximum absolute atomic E-state index is 12.8. The average Bonchev–Trinajstić information content (AvgIpc) is 3.29. The second kappa shape index (κ2) is 8.28. The molecule has 33 heavy (non-hydrogen) atoms. The molecule has 9 nitrogen and oxygen atoms in total. The summed E-state index contributed by atoms with van der Waals surface area (Å²) in [5, 5.41) is 20.0. The quantitative estimate of drug-likeness (QED) is 0.332. The third kappa shape index (κ3) is 8.33. The second-order valence-corrected chi connectivity index (χ2v) is 9.37. The van der Waals surface area contributed by atoms with Crippen molar-refractivity contribution in [2.75, 3.05) is 0 Å². The topological polar surface area (TPSA) is 127 Å². The van der Waals surface area contributed by atoms with Crippen molar-refractivity contribution in [2.45, 2.75) is 32.9 Å². The fourth-order valence-corrected chi connectivity index (χ4v) is 2.72. The van der Waals surface area contributed by atoms with Gasteiger partial charge in [0.25, 0.3) is 5.91 Å². The van der Waals surface area contributed by atoms with E-state index in [0.29, 0.717) is 11.3 Å². The van der Waals surface area contributed by atoms with Crippen molar-refractivity contribution in [3.63, 3.8) is 0 Å². The number of amides is 1. The number of hydrogen-bond donors (Lipinski definition) is 3. The van der Waals surface area contributed by atoms with Gasteiger partial charge in [-0.15, -0.1) is 5.10 Å². The summed E-state index contributed by atoms with van der Waals surface area (Å²) in [6.07, 6.45) is 4.97. The molecule has 3 aromatic heterocycles. The molecule has 1 amide bonds. The van der Waals surface area contributed by atoms with Gasteiger partial charge >= 0.3 is 39.0 Å². The van der Waals surface area contributed by atoms with Crippen LogP contribution in [0.4, 0.5) is 25.2 Å². The summed E-state index contributed by atoms with van der Waals surface area (Å²) < 4.78 is 60.5. The number of nitrogens with zero attached hydrogens (tertiary/aromatic N) is 3. The van der Waals surface area contributed by atoms with Crippen molar-refractivity contribution in [1.29, 1.82) is 0 Å². The van der Waals surface area contributed by atoms with Crippen molar-refractivity contribution < 1.29 is 44.9 Å². The molecular formula is C17H21F6N6O3P. The van der Waals surface area contributed by atoms with Crippen LogP contribution < -0.4 is 10.3 Å². The second-order valence-electron chi connectivity index (χ2n) is 7.45. The molecule has 4 N–H and O–H groups in total. The van der Waals surface area contributed by atoms with E-state index in [9.17, 15) is 34.8 Å². The van der Waals surface area contributed by atoms with E-state index in [1.54, 1.807) is 18.6 Å². The fraction of sp³-hybridized carbons (Fsp3) is 0.353. The number of rotatable bonds is 6. The van der Waals surface area contributed by atoms with Gasteiger partial charge < -0.3 is 15.4 Å². The van der Waals surface area contributed by atoms with E-state index in [1.807, 2.05) is 26.0 Å². The zero-order valence-corrected chi connectivity index (χ0v) is 18.3. The Morgan fingerprint density at radius 3 is 2.33 bits per heavy atom. The molecular weight excluding hydrogens is 481 g/mol. The van der Waals surface area contributed by atoms with Gasteiger partial charge in [0.2, 0.25) is 5.52 Å². The molecule has 0 aromatic carbocycles. The van der Waals surface area contributed by atoms with Crippen LogP contribution >= 0.6 is 7.81 Å². The first-order valence-electron chi connectivity index (χ1n) is 9.33. The van der Waals surface area contributed by atoms with E-state index in [4.69, 9.17) is 5.11 Å². The number of carboxylic acids is 1. The molecule has 16 heteroatoms. The maximum atomic E-state index is 12.8. The third-order valence-corrected chi connectivity index (χ3v) is 4.30. The van der Waals surface area contributed by atoms with E-state index in [-0.39, 0.29) is 11.8 Å². The molecule has 184 valence electrons. The molecule has 0 spiro atoms. The van der Waals surface area contributed by atoms with Crippen molar-refractivity contribution >= 4 is 30.7 Å². The Balaban J connectivity index is 0.000000479. The number of H-pyrrole nitrogens is 2. The number of aliphatic carboxylic acids is 1. The molecule has 3 rings (SSSR count). The van der Waals surface area contributed by atoms with Crippen LogP contribution in [0.25, 0.3) is 11.0 Å².